The fourth-order valence-corrected chi connectivity index (χ4v) is 2.03. The molecule has 1 aromatic heterocycles. The van der Waals surface area contributed by atoms with Crippen molar-refractivity contribution in [3.63, 3.8) is 0 Å². The molecular formula is C12H15N3O5. The highest BCUT2D eigenvalue weighted by Crippen LogP contribution is 2.10. The molecule has 3 rings (SSSR count). The van der Waals surface area contributed by atoms with E-state index in [1.54, 1.807) is 0 Å². The highest BCUT2D eigenvalue weighted by atomic mass is 16.6. The van der Waals surface area contributed by atoms with Gasteiger partial charge < -0.3 is 9.47 Å². The van der Waals surface area contributed by atoms with Gasteiger partial charge in [-0.15, -0.1) is 6.58 Å². The lowest BCUT2D eigenvalue weighted by Crippen LogP contribution is -2.55. The number of hydrogen-bond acceptors (Lipinski definition) is 5. The van der Waals surface area contributed by atoms with E-state index >= 15 is 0 Å². The number of hydrogen-bond donors (Lipinski definition) is 0. The first-order valence-electron chi connectivity index (χ1n) is 6.40. The monoisotopic (exact) mass is 281 g/mol. The van der Waals surface area contributed by atoms with Gasteiger partial charge in [-0.05, 0) is 0 Å². The molecule has 0 aromatic carbocycles. The van der Waals surface area contributed by atoms with Gasteiger partial charge in [0.1, 0.15) is 0 Å². The van der Waals surface area contributed by atoms with Crippen molar-refractivity contribution in [2.75, 3.05) is 13.2 Å². The van der Waals surface area contributed by atoms with Crippen LogP contribution in [-0.2, 0) is 29.1 Å². The highest BCUT2D eigenvalue weighted by molar-refractivity contribution is 4.86. The number of epoxide rings is 2. The maximum Gasteiger partial charge on any atom is 0.336 e. The molecule has 2 fully saturated rings. The molecule has 0 amide bonds. The van der Waals surface area contributed by atoms with Crippen LogP contribution in [0.25, 0.3) is 0 Å². The number of aromatic nitrogens is 3. The van der Waals surface area contributed by atoms with Crippen LogP contribution < -0.4 is 17.1 Å². The largest absolute Gasteiger partial charge is 0.371 e. The summed E-state index contributed by atoms with van der Waals surface area (Å²) in [7, 11) is 0. The van der Waals surface area contributed by atoms with Gasteiger partial charge in [-0.3, -0.25) is 0 Å². The summed E-state index contributed by atoms with van der Waals surface area (Å²) in [6, 6.07) is 0. The molecule has 2 saturated heterocycles. The Kier molecular flexibility index (Phi) is 3.19. The summed E-state index contributed by atoms with van der Waals surface area (Å²) in [5.41, 5.74) is -1.85. The molecule has 2 aliphatic heterocycles. The Bertz CT molecular complexity index is 653. The zero-order chi connectivity index (χ0) is 14.3. The van der Waals surface area contributed by atoms with Crippen molar-refractivity contribution in [3.8, 4) is 0 Å². The molecule has 3 heterocycles. The number of allylic oxidation sites excluding steroid dienone is 1. The van der Waals surface area contributed by atoms with Crippen LogP contribution in [-0.4, -0.2) is 39.1 Å². The first-order valence-corrected chi connectivity index (χ1v) is 6.40. The van der Waals surface area contributed by atoms with E-state index in [0.29, 0.717) is 13.2 Å². The second-order valence-electron chi connectivity index (χ2n) is 4.88. The smallest absolute Gasteiger partial charge is 0.336 e. The minimum absolute atomic E-state index is 0.0645. The third kappa shape index (κ3) is 2.39. The zero-order valence-corrected chi connectivity index (χ0v) is 10.9. The summed E-state index contributed by atoms with van der Waals surface area (Å²) in [6.45, 7) is 4.97. The third-order valence-electron chi connectivity index (χ3n) is 3.27. The lowest BCUT2D eigenvalue weighted by molar-refractivity contribution is 0.343. The van der Waals surface area contributed by atoms with E-state index in [1.807, 2.05) is 0 Å². The van der Waals surface area contributed by atoms with Crippen LogP contribution in [0.2, 0.25) is 0 Å². The topological polar surface area (TPSA) is 91.1 Å². The first kappa shape index (κ1) is 13.1. The second-order valence-corrected chi connectivity index (χ2v) is 4.88. The van der Waals surface area contributed by atoms with Crippen molar-refractivity contribution >= 4 is 0 Å². The van der Waals surface area contributed by atoms with Crippen LogP contribution in [0.15, 0.2) is 27.0 Å². The molecular weight excluding hydrogens is 266 g/mol. The van der Waals surface area contributed by atoms with Crippen molar-refractivity contribution < 1.29 is 9.47 Å². The van der Waals surface area contributed by atoms with E-state index < -0.39 is 17.1 Å². The lowest BCUT2D eigenvalue weighted by atomic mass is 10.4. The first-order chi connectivity index (χ1) is 9.61. The molecule has 8 heteroatoms. The molecule has 0 spiro atoms. The minimum Gasteiger partial charge on any atom is -0.371 e. The van der Waals surface area contributed by atoms with Crippen LogP contribution in [0, 0.1) is 0 Å². The quantitative estimate of drug-likeness (QED) is 0.451. The molecule has 0 aliphatic carbocycles. The zero-order valence-electron chi connectivity index (χ0n) is 10.9. The van der Waals surface area contributed by atoms with Crippen molar-refractivity contribution in [1.29, 1.82) is 0 Å². The molecule has 2 atom stereocenters. The molecule has 1 aromatic rings. The summed E-state index contributed by atoms with van der Waals surface area (Å²) in [4.78, 5) is 36.7. The Morgan fingerprint density at radius 1 is 0.950 bits per heavy atom. The average Bonchev–Trinajstić information content (AvgIpc) is 3.30. The van der Waals surface area contributed by atoms with E-state index in [2.05, 4.69) is 6.58 Å². The average molecular weight is 281 g/mol. The van der Waals surface area contributed by atoms with Gasteiger partial charge in [0.2, 0.25) is 0 Å². The van der Waals surface area contributed by atoms with Crippen molar-refractivity contribution in [2.45, 2.75) is 31.8 Å². The van der Waals surface area contributed by atoms with Crippen molar-refractivity contribution in [1.82, 2.24) is 13.7 Å². The predicted molar refractivity (Wildman–Crippen MR) is 68.9 cm³/mol. The van der Waals surface area contributed by atoms with Gasteiger partial charge in [-0.2, -0.15) is 0 Å². The van der Waals surface area contributed by atoms with Crippen LogP contribution >= 0.6 is 0 Å². The van der Waals surface area contributed by atoms with Gasteiger partial charge in [0, 0.05) is 0 Å². The molecule has 2 aliphatic rings. The normalized spacial score (nSPS) is 23.6. The Balaban J connectivity index is 2.13. The number of ether oxygens (including phenoxy) is 2. The molecule has 0 saturated carbocycles. The number of rotatable bonds is 6. The van der Waals surface area contributed by atoms with Gasteiger partial charge in [0.25, 0.3) is 0 Å². The molecule has 8 nitrogen and oxygen atoms in total. The predicted octanol–water partition coefficient (Wildman–Crippen LogP) is -1.84. The molecule has 0 radical (unpaired) electrons. The van der Waals surface area contributed by atoms with Crippen molar-refractivity contribution in [2.24, 2.45) is 0 Å². The summed E-state index contributed by atoms with van der Waals surface area (Å²) in [6.07, 6.45) is 1.20. The third-order valence-corrected chi connectivity index (χ3v) is 3.27. The van der Waals surface area contributed by atoms with Gasteiger partial charge >= 0.3 is 17.1 Å². The van der Waals surface area contributed by atoms with Crippen LogP contribution in [0.4, 0.5) is 0 Å². The molecule has 1 unspecified atom stereocenters. The SMILES string of the molecule is C=CCn1c(=O)n(CC2CO2)c(=O)n(C[C@@H]2CO2)c1=O. The minimum atomic E-state index is -0.622. The van der Waals surface area contributed by atoms with Gasteiger partial charge in [0.05, 0.1) is 45.1 Å². The van der Waals surface area contributed by atoms with E-state index in [0.717, 1.165) is 13.7 Å². The Hall–Kier alpha value is -1.93. The molecule has 20 heavy (non-hydrogen) atoms. The fourth-order valence-electron chi connectivity index (χ4n) is 2.03. The Morgan fingerprint density at radius 2 is 1.35 bits per heavy atom. The summed E-state index contributed by atoms with van der Waals surface area (Å²) >= 11 is 0. The summed E-state index contributed by atoms with van der Waals surface area (Å²) in [5.74, 6) is 0. The van der Waals surface area contributed by atoms with E-state index in [1.165, 1.54) is 6.08 Å². The van der Waals surface area contributed by atoms with Crippen LogP contribution in [0.5, 0.6) is 0 Å². The summed E-state index contributed by atoms with van der Waals surface area (Å²) < 4.78 is 13.2. The van der Waals surface area contributed by atoms with E-state index in [9.17, 15) is 14.4 Å². The van der Waals surface area contributed by atoms with Crippen LogP contribution in [0.1, 0.15) is 0 Å². The van der Waals surface area contributed by atoms with E-state index in [4.69, 9.17) is 9.47 Å². The van der Waals surface area contributed by atoms with Gasteiger partial charge in [-0.1, -0.05) is 6.08 Å². The van der Waals surface area contributed by atoms with Gasteiger partial charge in [-0.25, -0.2) is 28.1 Å². The standard InChI is InChI=1S/C12H15N3O5/c1-2-3-13-10(16)14(4-8-6-19-8)12(18)15(11(13)17)5-9-7-20-9/h2,8-9H,1,3-7H2/t8-,9?/m1/s1. The molecule has 108 valence electrons. The Labute approximate surface area is 113 Å². The maximum atomic E-state index is 12.3. The lowest BCUT2D eigenvalue weighted by Gasteiger charge is -2.11. The maximum absolute atomic E-state index is 12.3. The molecule has 0 N–H and O–H groups in total. The van der Waals surface area contributed by atoms with Crippen molar-refractivity contribution in [3.05, 3.63) is 44.1 Å². The number of nitrogens with zero attached hydrogens (tertiary/aromatic N) is 3. The summed E-state index contributed by atoms with van der Waals surface area (Å²) in [5, 5.41) is 0. The second kappa shape index (κ2) is 4.88. The Morgan fingerprint density at radius 3 is 1.70 bits per heavy atom. The fraction of sp³-hybridized carbons (Fsp3) is 0.583. The van der Waals surface area contributed by atoms with Crippen LogP contribution in [0.3, 0.4) is 0 Å². The van der Waals surface area contributed by atoms with Gasteiger partial charge in [0.15, 0.2) is 0 Å². The van der Waals surface area contributed by atoms with E-state index in [-0.39, 0.29) is 31.8 Å². The molecule has 0 bridgehead atoms. The highest BCUT2D eigenvalue weighted by Gasteiger charge is 2.29.